The number of amides is 1. The molecule has 3 aromatic heterocycles. The molecule has 0 aliphatic carbocycles. The lowest BCUT2D eigenvalue weighted by Crippen LogP contribution is -2.48. The summed E-state index contributed by atoms with van der Waals surface area (Å²) in [6.07, 6.45) is 6.11. The van der Waals surface area contributed by atoms with Gasteiger partial charge in [-0.05, 0) is 59.5 Å². The van der Waals surface area contributed by atoms with Gasteiger partial charge >= 0.3 is 0 Å². The molecule has 0 radical (unpaired) electrons. The third-order valence-corrected chi connectivity index (χ3v) is 6.29. The van der Waals surface area contributed by atoms with Crippen molar-refractivity contribution in [2.45, 2.75) is 24.9 Å². The molecule has 2 aliphatic heterocycles. The van der Waals surface area contributed by atoms with E-state index in [1.807, 2.05) is 27.8 Å². The van der Waals surface area contributed by atoms with Crippen LogP contribution in [0.25, 0.3) is 11.3 Å². The van der Waals surface area contributed by atoms with Crippen molar-refractivity contribution < 1.29 is 9.53 Å². The maximum atomic E-state index is 13.1. The number of hydrogen-bond donors (Lipinski definition) is 0. The highest BCUT2D eigenvalue weighted by Gasteiger charge is 2.44. The second-order valence-electron chi connectivity index (χ2n) is 8.07. The summed E-state index contributed by atoms with van der Waals surface area (Å²) in [4.78, 5) is 14.9. The van der Waals surface area contributed by atoms with Crippen molar-refractivity contribution in [3.8, 4) is 5.69 Å². The molecular formula is C22H21N7O2. The first-order valence-corrected chi connectivity index (χ1v) is 10.5. The summed E-state index contributed by atoms with van der Waals surface area (Å²) in [5, 5.41) is 16.3. The molecule has 6 rings (SSSR count). The van der Waals surface area contributed by atoms with Crippen LogP contribution in [0, 0.1) is 0 Å². The Kier molecular flexibility index (Phi) is 4.10. The number of ether oxygens (including phenoxy) is 1. The zero-order chi connectivity index (χ0) is 20.8. The molecule has 156 valence electrons. The first kappa shape index (κ1) is 18.2. The normalized spacial score (nSPS) is 17.7. The van der Waals surface area contributed by atoms with Gasteiger partial charge in [0, 0.05) is 25.5 Å². The summed E-state index contributed by atoms with van der Waals surface area (Å²) >= 11 is 0. The molecule has 1 saturated heterocycles. The number of pyridine rings is 1. The largest absolute Gasteiger partial charge is 0.368 e. The van der Waals surface area contributed by atoms with Crippen molar-refractivity contribution in [3.63, 3.8) is 0 Å². The number of carbonyl (C=O) groups excluding carboxylic acids is 1. The van der Waals surface area contributed by atoms with Crippen LogP contribution < -0.4 is 0 Å². The zero-order valence-electron chi connectivity index (χ0n) is 16.9. The van der Waals surface area contributed by atoms with E-state index in [0.29, 0.717) is 30.9 Å². The van der Waals surface area contributed by atoms with Gasteiger partial charge in [0.1, 0.15) is 5.60 Å². The molecule has 9 nitrogen and oxygen atoms in total. The second kappa shape index (κ2) is 6.98. The van der Waals surface area contributed by atoms with Crippen molar-refractivity contribution in [3.05, 3.63) is 71.7 Å². The number of tetrazole rings is 1. The molecule has 0 saturated carbocycles. The number of likely N-dealkylation sites (tertiary alicyclic amines) is 1. The quantitative estimate of drug-likeness (QED) is 0.498. The molecule has 0 N–H and O–H groups in total. The first-order chi connectivity index (χ1) is 15.2. The zero-order valence-corrected chi connectivity index (χ0v) is 16.9. The number of aromatic nitrogens is 6. The van der Waals surface area contributed by atoms with Gasteiger partial charge in [0.05, 0.1) is 23.6 Å². The SMILES string of the molecule is O=C(c1ccc2nnnn2c1)N1CCC2(CC1)OCCc1cn(-c3ccccc3)nc12. The van der Waals surface area contributed by atoms with Crippen molar-refractivity contribution in [1.82, 2.24) is 34.7 Å². The van der Waals surface area contributed by atoms with Gasteiger partial charge in [0.25, 0.3) is 5.91 Å². The van der Waals surface area contributed by atoms with Gasteiger partial charge in [-0.1, -0.05) is 18.2 Å². The molecule has 4 aromatic rings. The molecule has 1 spiro atoms. The van der Waals surface area contributed by atoms with Gasteiger partial charge in [0.2, 0.25) is 0 Å². The van der Waals surface area contributed by atoms with Crippen molar-refractivity contribution >= 4 is 11.6 Å². The van der Waals surface area contributed by atoms with Crippen LogP contribution >= 0.6 is 0 Å². The Morgan fingerprint density at radius 2 is 1.87 bits per heavy atom. The summed E-state index contributed by atoms with van der Waals surface area (Å²) in [7, 11) is 0. The minimum atomic E-state index is -0.426. The van der Waals surface area contributed by atoms with Crippen LogP contribution in [-0.4, -0.2) is 60.3 Å². The summed E-state index contributed by atoms with van der Waals surface area (Å²) < 4.78 is 9.78. The van der Waals surface area contributed by atoms with Crippen LogP contribution in [0.5, 0.6) is 0 Å². The van der Waals surface area contributed by atoms with Gasteiger partial charge in [-0.15, -0.1) is 5.10 Å². The van der Waals surface area contributed by atoms with Crippen LogP contribution in [0.1, 0.15) is 34.5 Å². The smallest absolute Gasteiger partial charge is 0.255 e. The lowest BCUT2D eigenvalue weighted by atomic mass is 9.83. The number of rotatable bonds is 2. The standard InChI is InChI=1S/C22H21N7O2/c30-21(17-6-7-19-23-25-26-29(19)15-17)27-11-9-22(10-12-27)20-16(8-13-31-22)14-28(24-20)18-4-2-1-3-5-18/h1-7,14-15H,8-13H2. The molecule has 2 aliphatic rings. The Balaban J connectivity index is 1.24. The fourth-order valence-electron chi connectivity index (χ4n) is 4.62. The average molecular weight is 415 g/mol. The highest BCUT2D eigenvalue weighted by atomic mass is 16.5. The highest BCUT2D eigenvalue weighted by Crippen LogP contribution is 2.41. The van der Waals surface area contributed by atoms with E-state index in [1.165, 1.54) is 10.1 Å². The number of para-hydroxylation sites is 1. The average Bonchev–Trinajstić information content (AvgIpc) is 3.47. The van der Waals surface area contributed by atoms with E-state index in [9.17, 15) is 4.79 Å². The second-order valence-corrected chi connectivity index (χ2v) is 8.07. The van der Waals surface area contributed by atoms with E-state index >= 15 is 0 Å². The van der Waals surface area contributed by atoms with Gasteiger partial charge in [-0.3, -0.25) is 4.79 Å². The van der Waals surface area contributed by atoms with Gasteiger partial charge in [-0.25, -0.2) is 4.68 Å². The molecular weight excluding hydrogens is 394 g/mol. The van der Waals surface area contributed by atoms with E-state index in [-0.39, 0.29) is 5.91 Å². The van der Waals surface area contributed by atoms with Crippen LogP contribution in [0.15, 0.2) is 54.9 Å². The molecule has 31 heavy (non-hydrogen) atoms. The van der Waals surface area contributed by atoms with Crippen LogP contribution in [-0.2, 0) is 16.8 Å². The van der Waals surface area contributed by atoms with Crippen LogP contribution in [0.2, 0.25) is 0 Å². The Morgan fingerprint density at radius 3 is 2.71 bits per heavy atom. The number of fused-ring (bicyclic) bond motifs is 3. The monoisotopic (exact) mass is 415 g/mol. The molecule has 1 aromatic carbocycles. The Bertz CT molecular complexity index is 1260. The molecule has 9 heteroatoms. The number of benzene rings is 1. The van der Waals surface area contributed by atoms with E-state index in [4.69, 9.17) is 9.84 Å². The van der Waals surface area contributed by atoms with Crippen LogP contribution in [0.3, 0.4) is 0 Å². The summed E-state index contributed by atoms with van der Waals surface area (Å²) in [6, 6.07) is 13.7. The third kappa shape index (κ3) is 3.00. The maximum Gasteiger partial charge on any atom is 0.255 e. The maximum absolute atomic E-state index is 13.1. The minimum Gasteiger partial charge on any atom is -0.368 e. The van der Waals surface area contributed by atoms with E-state index in [0.717, 1.165) is 30.6 Å². The van der Waals surface area contributed by atoms with Gasteiger partial charge in [-0.2, -0.15) is 9.61 Å². The summed E-state index contributed by atoms with van der Waals surface area (Å²) in [5.74, 6) is -0.0157. The minimum absolute atomic E-state index is 0.0157. The molecule has 0 bridgehead atoms. The number of piperidine rings is 1. The topological polar surface area (TPSA) is 90.4 Å². The Labute approximate surface area is 178 Å². The van der Waals surface area contributed by atoms with Crippen molar-refractivity contribution in [2.24, 2.45) is 0 Å². The Hall–Kier alpha value is -3.59. The summed E-state index contributed by atoms with van der Waals surface area (Å²) in [6.45, 7) is 1.91. The van der Waals surface area contributed by atoms with Crippen molar-refractivity contribution in [2.75, 3.05) is 19.7 Å². The molecule has 0 atom stereocenters. The molecule has 0 unspecified atom stereocenters. The predicted molar refractivity (Wildman–Crippen MR) is 111 cm³/mol. The number of carbonyl (C=O) groups is 1. The van der Waals surface area contributed by atoms with Gasteiger partial charge < -0.3 is 9.64 Å². The van der Waals surface area contributed by atoms with E-state index < -0.39 is 5.60 Å². The molecule has 1 fully saturated rings. The van der Waals surface area contributed by atoms with E-state index in [1.54, 1.807) is 18.3 Å². The lowest BCUT2D eigenvalue weighted by molar-refractivity contribution is -0.0963. The third-order valence-electron chi connectivity index (χ3n) is 6.29. The number of nitrogens with zero attached hydrogens (tertiary/aromatic N) is 7. The highest BCUT2D eigenvalue weighted by molar-refractivity contribution is 5.94. The fraction of sp³-hybridized carbons (Fsp3) is 0.318. The fourth-order valence-corrected chi connectivity index (χ4v) is 4.62. The number of hydrogen-bond acceptors (Lipinski definition) is 6. The van der Waals surface area contributed by atoms with Crippen LogP contribution in [0.4, 0.5) is 0 Å². The molecule has 1 amide bonds. The van der Waals surface area contributed by atoms with Crippen molar-refractivity contribution in [1.29, 1.82) is 0 Å². The lowest BCUT2D eigenvalue weighted by Gasteiger charge is -2.43. The first-order valence-electron chi connectivity index (χ1n) is 10.5. The predicted octanol–water partition coefficient (Wildman–Crippen LogP) is 2.01. The van der Waals surface area contributed by atoms with Gasteiger partial charge in [0.15, 0.2) is 5.65 Å². The Morgan fingerprint density at radius 1 is 1.03 bits per heavy atom. The summed E-state index contributed by atoms with van der Waals surface area (Å²) in [5.41, 5.74) is 4.06. The van der Waals surface area contributed by atoms with E-state index in [2.05, 4.69) is 33.9 Å². The molecule has 5 heterocycles.